The SMILES string of the molecule is Cc1ccc(C(=O)CCC(=O)NNC(=O)c2cc(-c3ccccc3)on2)s1. The molecule has 0 saturated heterocycles. The van der Waals surface area contributed by atoms with E-state index in [1.54, 1.807) is 6.07 Å². The van der Waals surface area contributed by atoms with Crippen molar-refractivity contribution in [3.05, 3.63) is 64.0 Å². The Kier molecular flexibility index (Phi) is 5.77. The van der Waals surface area contributed by atoms with Crippen molar-refractivity contribution in [3.8, 4) is 11.3 Å². The Bertz CT molecular complexity index is 962. The summed E-state index contributed by atoms with van der Waals surface area (Å²) in [5, 5.41) is 3.70. The lowest BCUT2D eigenvalue weighted by molar-refractivity contribution is -0.121. The summed E-state index contributed by atoms with van der Waals surface area (Å²) >= 11 is 1.39. The summed E-state index contributed by atoms with van der Waals surface area (Å²) in [5.41, 5.74) is 5.36. The predicted molar refractivity (Wildman–Crippen MR) is 100 cm³/mol. The van der Waals surface area contributed by atoms with Crippen molar-refractivity contribution < 1.29 is 18.9 Å². The summed E-state index contributed by atoms with van der Waals surface area (Å²) in [6, 6.07) is 14.3. The van der Waals surface area contributed by atoms with Crippen LogP contribution in [0.1, 0.15) is 37.9 Å². The summed E-state index contributed by atoms with van der Waals surface area (Å²) in [6.07, 6.45) is 0.0495. The third-order valence-corrected chi connectivity index (χ3v) is 4.75. The molecule has 0 aliphatic heterocycles. The molecule has 3 rings (SSSR count). The second-order valence-electron chi connectivity index (χ2n) is 5.78. The number of hydrazine groups is 1. The molecular weight excluding hydrogens is 366 g/mol. The number of ketones is 1. The van der Waals surface area contributed by atoms with Gasteiger partial charge in [-0.05, 0) is 19.1 Å². The Labute approximate surface area is 159 Å². The highest BCUT2D eigenvalue weighted by molar-refractivity contribution is 7.14. The van der Waals surface area contributed by atoms with E-state index in [0.29, 0.717) is 10.6 Å². The molecule has 2 aromatic heterocycles. The van der Waals surface area contributed by atoms with Gasteiger partial charge in [0.25, 0.3) is 5.91 Å². The van der Waals surface area contributed by atoms with E-state index in [1.807, 2.05) is 43.3 Å². The minimum atomic E-state index is -0.602. The Morgan fingerprint density at radius 2 is 1.81 bits per heavy atom. The zero-order valence-electron chi connectivity index (χ0n) is 14.5. The molecule has 0 bridgehead atoms. The van der Waals surface area contributed by atoms with Gasteiger partial charge in [0.2, 0.25) is 5.91 Å². The number of Topliss-reactive ketones (excluding diaryl/α,β-unsaturated/α-hetero) is 1. The molecule has 7 nitrogen and oxygen atoms in total. The highest BCUT2D eigenvalue weighted by Gasteiger charge is 2.15. The standard InChI is InChI=1S/C19H17N3O4S/c1-12-7-9-17(27-12)15(23)8-10-18(24)20-21-19(25)14-11-16(26-22-14)13-5-3-2-4-6-13/h2-7,9,11H,8,10H2,1H3,(H,20,24)(H,21,25). The van der Waals surface area contributed by atoms with Crippen LogP contribution in [0, 0.1) is 6.92 Å². The van der Waals surface area contributed by atoms with Gasteiger partial charge in [-0.3, -0.25) is 25.2 Å². The number of aryl methyl sites for hydroxylation is 1. The van der Waals surface area contributed by atoms with Crippen LogP contribution in [0.5, 0.6) is 0 Å². The van der Waals surface area contributed by atoms with E-state index in [2.05, 4.69) is 16.0 Å². The molecule has 0 aliphatic rings. The molecule has 0 unspecified atom stereocenters. The predicted octanol–water partition coefficient (Wildman–Crippen LogP) is 3.14. The van der Waals surface area contributed by atoms with Crippen molar-refractivity contribution in [3.63, 3.8) is 0 Å². The zero-order valence-corrected chi connectivity index (χ0v) is 15.3. The van der Waals surface area contributed by atoms with Gasteiger partial charge in [-0.1, -0.05) is 35.5 Å². The molecule has 1 aromatic carbocycles. The van der Waals surface area contributed by atoms with E-state index >= 15 is 0 Å². The summed E-state index contributed by atoms with van der Waals surface area (Å²) in [6.45, 7) is 1.91. The fourth-order valence-corrected chi connectivity index (χ4v) is 3.14. The molecule has 138 valence electrons. The average molecular weight is 383 g/mol. The van der Waals surface area contributed by atoms with Gasteiger partial charge in [0, 0.05) is 29.3 Å². The molecule has 0 saturated carbocycles. The number of aromatic nitrogens is 1. The molecule has 3 aromatic rings. The third-order valence-electron chi connectivity index (χ3n) is 3.71. The van der Waals surface area contributed by atoms with Gasteiger partial charge in [-0.25, -0.2) is 0 Å². The van der Waals surface area contributed by atoms with Gasteiger partial charge < -0.3 is 4.52 Å². The lowest BCUT2D eigenvalue weighted by atomic mass is 10.1. The van der Waals surface area contributed by atoms with Crippen molar-refractivity contribution in [2.24, 2.45) is 0 Å². The lowest BCUT2D eigenvalue weighted by Gasteiger charge is -2.04. The molecule has 0 fully saturated rings. The van der Waals surface area contributed by atoms with Crippen molar-refractivity contribution in [2.45, 2.75) is 19.8 Å². The van der Waals surface area contributed by atoms with Crippen LogP contribution in [-0.2, 0) is 4.79 Å². The molecule has 0 radical (unpaired) electrons. The van der Waals surface area contributed by atoms with Crippen LogP contribution in [0.15, 0.2) is 53.1 Å². The summed E-state index contributed by atoms with van der Waals surface area (Å²) in [5.74, 6) is -0.714. The fraction of sp³-hybridized carbons (Fsp3) is 0.158. The van der Waals surface area contributed by atoms with Gasteiger partial charge in [-0.15, -0.1) is 11.3 Å². The first-order chi connectivity index (χ1) is 13.0. The van der Waals surface area contributed by atoms with E-state index in [9.17, 15) is 14.4 Å². The molecule has 2 amide bonds. The second-order valence-corrected chi connectivity index (χ2v) is 7.07. The number of amides is 2. The van der Waals surface area contributed by atoms with Gasteiger partial charge >= 0.3 is 0 Å². The second kappa shape index (κ2) is 8.41. The fourth-order valence-electron chi connectivity index (χ4n) is 2.31. The van der Waals surface area contributed by atoms with Crippen molar-refractivity contribution in [2.75, 3.05) is 0 Å². The number of nitrogens with zero attached hydrogens (tertiary/aromatic N) is 1. The number of nitrogens with one attached hydrogen (secondary N) is 2. The van der Waals surface area contributed by atoms with E-state index in [4.69, 9.17) is 4.52 Å². The first-order valence-corrected chi connectivity index (χ1v) is 9.05. The highest BCUT2D eigenvalue weighted by atomic mass is 32.1. The molecule has 2 N–H and O–H groups in total. The number of rotatable bonds is 6. The minimum absolute atomic E-state index is 0.0237. The van der Waals surface area contributed by atoms with Crippen LogP contribution in [0.2, 0.25) is 0 Å². The van der Waals surface area contributed by atoms with Crippen LogP contribution in [0.3, 0.4) is 0 Å². The lowest BCUT2D eigenvalue weighted by Crippen LogP contribution is -2.41. The number of hydrogen-bond donors (Lipinski definition) is 2. The van der Waals surface area contributed by atoms with E-state index in [1.165, 1.54) is 17.4 Å². The third kappa shape index (κ3) is 4.89. The van der Waals surface area contributed by atoms with Crippen LogP contribution >= 0.6 is 11.3 Å². The molecule has 8 heteroatoms. The number of thiophene rings is 1. The maximum atomic E-state index is 12.0. The van der Waals surface area contributed by atoms with Crippen molar-refractivity contribution in [1.29, 1.82) is 0 Å². The average Bonchev–Trinajstić information content (AvgIpc) is 3.34. The summed E-state index contributed by atoms with van der Waals surface area (Å²) in [7, 11) is 0. The van der Waals surface area contributed by atoms with Crippen molar-refractivity contribution >= 4 is 28.9 Å². The zero-order chi connectivity index (χ0) is 19.2. The summed E-state index contributed by atoms with van der Waals surface area (Å²) in [4.78, 5) is 37.5. The van der Waals surface area contributed by atoms with Gasteiger partial charge in [0.1, 0.15) is 0 Å². The maximum Gasteiger partial charge on any atom is 0.291 e. The number of hydrogen-bond acceptors (Lipinski definition) is 6. The normalized spacial score (nSPS) is 10.4. The molecule has 2 heterocycles. The van der Waals surface area contributed by atoms with E-state index in [-0.39, 0.29) is 24.3 Å². The van der Waals surface area contributed by atoms with E-state index in [0.717, 1.165) is 10.4 Å². The number of benzene rings is 1. The Morgan fingerprint density at radius 1 is 1.04 bits per heavy atom. The minimum Gasteiger partial charge on any atom is -0.355 e. The van der Waals surface area contributed by atoms with Crippen LogP contribution in [-0.4, -0.2) is 22.8 Å². The molecule has 0 spiro atoms. The Hall–Kier alpha value is -3.26. The van der Waals surface area contributed by atoms with Gasteiger partial charge in [-0.2, -0.15) is 0 Å². The number of carbonyl (C=O) groups is 3. The van der Waals surface area contributed by atoms with Crippen molar-refractivity contribution in [1.82, 2.24) is 16.0 Å². The number of carbonyl (C=O) groups excluding carboxylic acids is 3. The van der Waals surface area contributed by atoms with Gasteiger partial charge in [0.05, 0.1) is 4.88 Å². The first-order valence-electron chi connectivity index (χ1n) is 8.24. The topological polar surface area (TPSA) is 101 Å². The molecule has 0 atom stereocenters. The molecule has 27 heavy (non-hydrogen) atoms. The van der Waals surface area contributed by atoms with Gasteiger partial charge in [0.15, 0.2) is 17.2 Å². The van der Waals surface area contributed by atoms with E-state index < -0.39 is 11.8 Å². The van der Waals surface area contributed by atoms with Crippen LogP contribution in [0.25, 0.3) is 11.3 Å². The smallest absolute Gasteiger partial charge is 0.291 e. The first kappa shape index (κ1) is 18.5. The molecule has 0 aliphatic carbocycles. The monoisotopic (exact) mass is 383 g/mol. The van der Waals surface area contributed by atoms with Crippen LogP contribution < -0.4 is 10.9 Å². The Balaban J connectivity index is 1.47. The quantitative estimate of drug-likeness (QED) is 0.503. The maximum absolute atomic E-state index is 12.0. The summed E-state index contributed by atoms with van der Waals surface area (Å²) < 4.78 is 5.14. The Morgan fingerprint density at radius 3 is 2.52 bits per heavy atom. The highest BCUT2D eigenvalue weighted by Crippen LogP contribution is 2.19. The largest absolute Gasteiger partial charge is 0.355 e. The molecular formula is C19H17N3O4S. The van der Waals surface area contributed by atoms with Crippen LogP contribution in [0.4, 0.5) is 0 Å².